The van der Waals surface area contributed by atoms with E-state index < -0.39 is 11.0 Å². The number of pyridine rings is 1. The van der Waals surface area contributed by atoms with Crippen LogP contribution in [0, 0.1) is 11.3 Å². The molecular weight excluding hydrogens is 506 g/mol. The van der Waals surface area contributed by atoms with Gasteiger partial charge < -0.3 is 4.90 Å². The number of amides is 1. The Morgan fingerprint density at radius 2 is 1.29 bits per heavy atom. The number of nitrogens with zero attached hydrogens (tertiary/aromatic N) is 5. The number of hydrogen-bond donors (Lipinski definition) is 0. The largest absolute Gasteiger partial charge is 0.303 e. The number of amidine groups is 1. The molecule has 204 valence electrons. The van der Waals surface area contributed by atoms with Gasteiger partial charge in [-0.05, 0) is 67.7 Å². The molecule has 41 heavy (non-hydrogen) atoms. The molecule has 3 aromatic carbocycles. The lowest BCUT2D eigenvalue weighted by Gasteiger charge is -2.38. The van der Waals surface area contributed by atoms with E-state index in [1.165, 1.54) is 0 Å². The maximum Gasteiger partial charge on any atom is 0.265 e. The number of aliphatic imine (C=N–C) groups is 1. The second-order valence-corrected chi connectivity index (χ2v) is 10.8. The van der Waals surface area contributed by atoms with Crippen molar-refractivity contribution in [3.05, 3.63) is 138 Å². The Kier molecular flexibility index (Phi) is 7.45. The van der Waals surface area contributed by atoms with Gasteiger partial charge in [-0.15, -0.1) is 0 Å². The van der Waals surface area contributed by atoms with Gasteiger partial charge >= 0.3 is 0 Å². The minimum Gasteiger partial charge on any atom is -0.303 e. The SMILES string of the molecule is N#CC1(c2ccccc2)CCN(CCCN2C(=O)C(c3ccccc3)(c3ccccc3)N=C2c2ccccn2)CC1. The first-order chi connectivity index (χ1) is 20.2. The molecule has 3 heterocycles. The van der Waals surface area contributed by atoms with Crippen molar-refractivity contribution in [2.45, 2.75) is 30.2 Å². The number of benzene rings is 3. The summed E-state index contributed by atoms with van der Waals surface area (Å²) in [5, 5.41) is 10.1. The van der Waals surface area contributed by atoms with Crippen LogP contribution < -0.4 is 0 Å². The van der Waals surface area contributed by atoms with Gasteiger partial charge in [0.15, 0.2) is 11.4 Å². The molecule has 1 amide bonds. The monoisotopic (exact) mass is 539 g/mol. The fraction of sp³-hybridized carbons (Fsp3) is 0.257. The summed E-state index contributed by atoms with van der Waals surface area (Å²) >= 11 is 0. The second-order valence-electron chi connectivity index (χ2n) is 10.8. The van der Waals surface area contributed by atoms with Crippen molar-refractivity contribution in [1.29, 1.82) is 5.26 Å². The summed E-state index contributed by atoms with van der Waals surface area (Å²) in [5.74, 6) is 0.552. The number of hydrogen-bond acceptors (Lipinski definition) is 5. The molecule has 0 aliphatic carbocycles. The fourth-order valence-electron chi connectivity index (χ4n) is 6.19. The van der Waals surface area contributed by atoms with Crippen LogP contribution in [0.5, 0.6) is 0 Å². The number of aromatic nitrogens is 1. The van der Waals surface area contributed by atoms with E-state index >= 15 is 0 Å². The molecule has 0 radical (unpaired) electrons. The van der Waals surface area contributed by atoms with Gasteiger partial charge in [-0.2, -0.15) is 5.26 Å². The van der Waals surface area contributed by atoms with Crippen LogP contribution >= 0.6 is 0 Å². The summed E-state index contributed by atoms with van der Waals surface area (Å²) in [5.41, 5.74) is 1.90. The number of carbonyl (C=O) groups excluding carboxylic acids is 1. The van der Waals surface area contributed by atoms with E-state index in [4.69, 9.17) is 4.99 Å². The van der Waals surface area contributed by atoms with Gasteiger partial charge in [0.25, 0.3) is 5.91 Å². The maximum absolute atomic E-state index is 14.5. The Morgan fingerprint density at radius 3 is 1.83 bits per heavy atom. The predicted octanol–water partition coefficient (Wildman–Crippen LogP) is 5.56. The third kappa shape index (κ3) is 4.94. The first-order valence-corrected chi connectivity index (χ1v) is 14.3. The molecule has 0 saturated carbocycles. The zero-order chi connectivity index (χ0) is 28.1. The van der Waals surface area contributed by atoms with Gasteiger partial charge in [0, 0.05) is 12.7 Å². The smallest absolute Gasteiger partial charge is 0.265 e. The highest BCUT2D eigenvalue weighted by molar-refractivity contribution is 6.16. The van der Waals surface area contributed by atoms with Crippen molar-refractivity contribution in [3.63, 3.8) is 0 Å². The molecule has 1 saturated heterocycles. The van der Waals surface area contributed by atoms with Crippen molar-refractivity contribution in [3.8, 4) is 6.07 Å². The molecule has 0 atom stereocenters. The fourth-order valence-corrected chi connectivity index (χ4v) is 6.19. The zero-order valence-corrected chi connectivity index (χ0v) is 23.1. The first-order valence-electron chi connectivity index (χ1n) is 14.3. The third-order valence-electron chi connectivity index (χ3n) is 8.47. The van der Waals surface area contributed by atoms with E-state index in [0.29, 0.717) is 18.1 Å². The lowest BCUT2D eigenvalue weighted by molar-refractivity contribution is -0.130. The normalized spacial score (nSPS) is 18.1. The lowest BCUT2D eigenvalue weighted by atomic mass is 9.74. The minimum absolute atomic E-state index is 0.0539. The van der Waals surface area contributed by atoms with Gasteiger partial charge in [-0.1, -0.05) is 97.1 Å². The summed E-state index contributed by atoms with van der Waals surface area (Å²) < 4.78 is 0. The average Bonchev–Trinajstić information content (AvgIpc) is 3.35. The first kappa shape index (κ1) is 26.6. The summed E-state index contributed by atoms with van der Waals surface area (Å²) in [6, 6.07) is 38.2. The van der Waals surface area contributed by atoms with Crippen LogP contribution in [0.15, 0.2) is 120 Å². The molecule has 6 heteroatoms. The number of piperidine rings is 1. The highest BCUT2D eigenvalue weighted by Gasteiger charge is 2.51. The quantitative estimate of drug-likeness (QED) is 0.294. The molecule has 4 aromatic rings. The van der Waals surface area contributed by atoms with Gasteiger partial charge in [-0.25, -0.2) is 4.99 Å². The summed E-state index contributed by atoms with van der Waals surface area (Å²) in [6.07, 6.45) is 4.15. The van der Waals surface area contributed by atoms with E-state index in [1.807, 2.05) is 102 Å². The number of nitriles is 1. The molecule has 1 fully saturated rings. The van der Waals surface area contributed by atoms with Crippen molar-refractivity contribution in [1.82, 2.24) is 14.8 Å². The van der Waals surface area contributed by atoms with Crippen LogP contribution in [0.25, 0.3) is 0 Å². The minimum atomic E-state index is -1.16. The van der Waals surface area contributed by atoms with Crippen molar-refractivity contribution in [2.24, 2.45) is 4.99 Å². The summed E-state index contributed by atoms with van der Waals surface area (Å²) in [4.78, 5) is 28.5. The van der Waals surface area contributed by atoms with E-state index in [0.717, 1.165) is 55.6 Å². The van der Waals surface area contributed by atoms with Crippen LogP contribution in [0.2, 0.25) is 0 Å². The Morgan fingerprint density at radius 1 is 0.732 bits per heavy atom. The average molecular weight is 540 g/mol. The van der Waals surface area contributed by atoms with Gasteiger partial charge in [0.05, 0.1) is 11.5 Å². The van der Waals surface area contributed by atoms with Crippen molar-refractivity contribution < 1.29 is 4.79 Å². The molecule has 0 unspecified atom stereocenters. The third-order valence-corrected chi connectivity index (χ3v) is 8.47. The molecule has 2 aliphatic rings. The molecular formula is C35H33N5O. The van der Waals surface area contributed by atoms with Crippen LogP contribution in [0.1, 0.15) is 41.6 Å². The van der Waals surface area contributed by atoms with E-state index in [1.54, 1.807) is 6.20 Å². The summed E-state index contributed by atoms with van der Waals surface area (Å²) in [7, 11) is 0. The Hall–Kier alpha value is -4.60. The zero-order valence-electron chi connectivity index (χ0n) is 23.1. The van der Waals surface area contributed by atoms with E-state index in [-0.39, 0.29) is 5.91 Å². The van der Waals surface area contributed by atoms with E-state index in [9.17, 15) is 10.1 Å². The molecule has 0 spiro atoms. The van der Waals surface area contributed by atoms with Crippen molar-refractivity contribution >= 4 is 11.7 Å². The molecule has 6 rings (SSSR count). The van der Waals surface area contributed by atoms with Gasteiger partial charge in [0.1, 0.15) is 5.69 Å². The highest BCUT2D eigenvalue weighted by Crippen LogP contribution is 2.41. The maximum atomic E-state index is 14.5. The van der Waals surface area contributed by atoms with E-state index in [2.05, 4.69) is 28.1 Å². The Labute approximate surface area is 241 Å². The molecule has 0 N–H and O–H groups in total. The lowest BCUT2D eigenvalue weighted by Crippen LogP contribution is -2.45. The number of carbonyl (C=O) groups is 1. The Balaban J connectivity index is 1.23. The second kappa shape index (κ2) is 11.5. The molecule has 1 aromatic heterocycles. The van der Waals surface area contributed by atoms with Crippen LogP contribution in [0.3, 0.4) is 0 Å². The summed E-state index contributed by atoms with van der Waals surface area (Å²) in [6.45, 7) is 3.10. The molecule has 2 aliphatic heterocycles. The highest BCUT2D eigenvalue weighted by atomic mass is 16.2. The van der Waals surface area contributed by atoms with Gasteiger partial charge in [-0.3, -0.25) is 14.7 Å². The topological polar surface area (TPSA) is 72.6 Å². The number of rotatable bonds is 8. The predicted molar refractivity (Wildman–Crippen MR) is 160 cm³/mol. The number of likely N-dealkylation sites (tertiary alicyclic amines) is 1. The van der Waals surface area contributed by atoms with Crippen molar-refractivity contribution in [2.75, 3.05) is 26.2 Å². The van der Waals surface area contributed by atoms with Gasteiger partial charge in [0.2, 0.25) is 0 Å². The Bertz CT molecular complexity index is 1500. The standard InChI is InChI=1S/C35H33N5O/c36-27-34(28-13-4-1-5-14-28)20-25-39(26-21-34)23-12-24-40-32(31-19-10-11-22-37-31)38-35(33(40)41,29-15-6-2-7-16-29)30-17-8-3-9-18-30/h1-11,13-19,22H,12,20-21,23-26H2. The van der Waals surface area contributed by atoms with Crippen LogP contribution in [0.4, 0.5) is 0 Å². The van der Waals surface area contributed by atoms with Crippen LogP contribution in [-0.4, -0.2) is 52.7 Å². The molecule has 0 bridgehead atoms. The van der Waals surface area contributed by atoms with Crippen LogP contribution in [-0.2, 0) is 15.7 Å². The molecule has 6 nitrogen and oxygen atoms in total.